The molecule has 0 rings (SSSR count). The fraction of sp³-hybridized carbons (Fsp3) is 0.482. The SMILES string of the molecule is CC/C=C\C/C=C\C/C=C\C/C=C\C/C=C\C/C=C\C/C=C\C/C=C\C/C=C\C/C=C\C/C=C\CCCCCCCCCC(=O)OC(COC(=O)CCCC/C=C\C/C=C\C/C=C\C/C=C\C/C=C\C/C=C\C/C=C\C/C=C\C/C=C\C/C=C\CC)COP(=O)(O)OCCN. The lowest BCUT2D eigenvalue weighted by Gasteiger charge is -2.19. The minimum atomic E-state index is -4.43. The number of phosphoric acid groups is 1. The molecule has 0 bridgehead atoms. The van der Waals surface area contributed by atoms with Crippen LogP contribution in [0.3, 0.4) is 0 Å². The molecule has 3 N–H and O–H groups in total. The molecule has 0 spiro atoms. The van der Waals surface area contributed by atoms with Crippen molar-refractivity contribution in [2.75, 3.05) is 26.4 Å². The number of nitrogens with two attached hydrogens (primary N) is 1. The summed E-state index contributed by atoms with van der Waals surface area (Å²) >= 11 is 0. The van der Waals surface area contributed by atoms with Crippen molar-refractivity contribution in [2.45, 2.75) is 238 Å². The van der Waals surface area contributed by atoms with Gasteiger partial charge in [-0.3, -0.25) is 18.6 Å². The van der Waals surface area contributed by atoms with E-state index >= 15 is 0 Å². The number of unbranched alkanes of at least 4 members (excludes halogenated alkanes) is 9. The van der Waals surface area contributed by atoms with Gasteiger partial charge in [0.05, 0.1) is 13.2 Å². The topological polar surface area (TPSA) is 134 Å². The molecule has 0 aromatic carbocycles. The summed E-state index contributed by atoms with van der Waals surface area (Å²) in [5.74, 6) is -0.914. The van der Waals surface area contributed by atoms with Crippen LogP contribution in [0.4, 0.5) is 0 Å². The number of ether oxygens (including phenoxy) is 2. The molecule has 0 amide bonds. The van der Waals surface area contributed by atoms with E-state index in [2.05, 4.69) is 269 Å². The molecule has 0 aliphatic rings. The maximum atomic E-state index is 12.8. The lowest BCUT2D eigenvalue weighted by molar-refractivity contribution is -0.161. The lowest BCUT2D eigenvalue weighted by atomic mass is 10.1. The number of allylic oxidation sites excluding steroid dienone is 42. The zero-order chi connectivity index (χ0) is 68.6. The minimum Gasteiger partial charge on any atom is -0.462 e. The Morgan fingerprint density at radius 1 is 0.316 bits per heavy atom. The van der Waals surface area contributed by atoms with Crippen LogP contribution in [0.1, 0.15) is 232 Å². The molecule has 0 aromatic heterocycles. The van der Waals surface area contributed by atoms with E-state index in [1.807, 2.05) is 0 Å². The summed E-state index contributed by atoms with van der Waals surface area (Å²) in [4.78, 5) is 35.4. The molecule has 0 heterocycles. The first-order chi connectivity index (χ1) is 46.8. The molecule has 2 unspecified atom stereocenters. The van der Waals surface area contributed by atoms with E-state index in [-0.39, 0.29) is 32.6 Å². The maximum Gasteiger partial charge on any atom is 0.472 e. The molecule has 0 saturated heterocycles. The summed E-state index contributed by atoms with van der Waals surface area (Å²) in [5, 5.41) is 0. The minimum absolute atomic E-state index is 0.0309. The molecular formula is C85H128NO8P. The molecule has 9 nitrogen and oxygen atoms in total. The van der Waals surface area contributed by atoms with Gasteiger partial charge in [-0.25, -0.2) is 4.57 Å². The van der Waals surface area contributed by atoms with Gasteiger partial charge in [0.2, 0.25) is 0 Å². The van der Waals surface area contributed by atoms with E-state index in [0.29, 0.717) is 12.8 Å². The van der Waals surface area contributed by atoms with E-state index in [1.54, 1.807) is 0 Å². The highest BCUT2D eigenvalue weighted by Gasteiger charge is 2.26. The van der Waals surface area contributed by atoms with Crippen LogP contribution in [-0.2, 0) is 32.7 Å². The Bertz CT molecular complexity index is 2510. The smallest absolute Gasteiger partial charge is 0.462 e. The molecule has 0 fully saturated rings. The van der Waals surface area contributed by atoms with Crippen molar-refractivity contribution >= 4 is 19.8 Å². The third-order valence-electron chi connectivity index (χ3n) is 13.9. The van der Waals surface area contributed by atoms with Crippen molar-refractivity contribution < 1.29 is 37.6 Å². The average molecular weight is 1320 g/mol. The number of rotatable bonds is 64. The van der Waals surface area contributed by atoms with Gasteiger partial charge in [-0.15, -0.1) is 0 Å². The van der Waals surface area contributed by atoms with E-state index in [4.69, 9.17) is 24.3 Å². The van der Waals surface area contributed by atoms with E-state index in [9.17, 15) is 19.0 Å². The van der Waals surface area contributed by atoms with E-state index in [1.165, 1.54) is 6.42 Å². The second-order valence-electron chi connectivity index (χ2n) is 22.6. The normalized spacial score (nSPS) is 14.4. The Hall–Kier alpha value is -6.45. The van der Waals surface area contributed by atoms with Crippen LogP contribution in [0.25, 0.3) is 0 Å². The second kappa shape index (κ2) is 76.6. The molecule has 95 heavy (non-hydrogen) atoms. The molecule has 0 saturated carbocycles. The summed E-state index contributed by atoms with van der Waals surface area (Å²) in [7, 11) is -4.43. The number of esters is 2. The van der Waals surface area contributed by atoms with Crippen LogP contribution in [0, 0.1) is 0 Å². The lowest BCUT2D eigenvalue weighted by Crippen LogP contribution is -2.29. The Labute approximate surface area is 579 Å². The zero-order valence-corrected chi connectivity index (χ0v) is 59.9. The summed E-state index contributed by atoms with van der Waals surface area (Å²) in [6, 6.07) is 0. The van der Waals surface area contributed by atoms with E-state index in [0.717, 1.165) is 186 Å². The summed E-state index contributed by atoms with van der Waals surface area (Å²) in [6.07, 6.45) is 124. The van der Waals surface area contributed by atoms with Crippen molar-refractivity contribution in [1.29, 1.82) is 0 Å². The van der Waals surface area contributed by atoms with Crippen molar-refractivity contribution in [3.63, 3.8) is 0 Å². The highest BCUT2D eigenvalue weighted by molar-refractivity contribution is 7.47. The van der Waals surface area contributed by atoms with Crippen molar-refractivity contribution in [1.82, 2.24) is 0 Å². The van der Waals surface area contributed by atoms with Crippen molar-refractivity contribution in [2.24, 2.45) is 5.73 Å². The number of hydrogen-bond donors (Lipinski definition) is 2. The third-order valence-corrected chi connectivity index (χ3v) is 14.9. The average Bonchev–Trinajstić information content (AvgIpc) is 2.75. The molecular weight excluding hydrogens is 1190 g/mol. The van der Waals surface area contributed by atoms with Crippen LogP contribution in [0.2, 0.25) is 0 Å². The number of hydrogen-bond acceptors (Lipinski definition) is 8. The van der Waals surface area contributed by atoms with Gasteiger partial charge in [0, 0.05) is 19.4 Å². The van der Waals surface area contributed by atoms with Crippen LogP contribution < -0.4 is 5.73 Å². The van der Waals surface area contributed by atoms with Crippen LogP contribution in [0.5, 0.6) is 0 Å². The molecule has 2 atom stereocenters. The first kappa shape index (κ1) is 88.5. The molecule has 526 valence electrons. The van der Waals surface area contributed by atoms with Gasteiger partial charge in [0.25, 0.3) is 0 Å². The highest BCUT2D eigenvalue weighted by atomic mass is 31.2. The Balaban J connectivity index is 4.10. The monoisotopic (exact) mass is 1320 g/mol. The van der Waals surface area contributed by atoms with Crippen LogP contribution in [0.15, 0.2) is 255 Å². The van der Waals surface area contributed by atoms with Gasteiger partial charge in [0.15, 0.2) is 6.10 Å². The van der Waals surface area contributed by atoms with Gasteiger partial charge >= 0.3 is 19.8 Å². The quantitative estimate of drug-likeness (QED) is 0.0264. The summed E-state index contributed by atoms with van der Waals surface area (Å²) in [5.41, 5.74) is 5.40. The maximum absolute atomic E-state index is 12.8. The molecule has 0 radical (unpaired) electrons. The Kier molecular flexibility index (Phi) is 71.4. The highest BCUT2D eigenvalue weighted by Crippen LogP contribution is 2.43. The Morgan fingerprint density at radius 3 is 0.832 bits per heavy atom. The largest absolute Gasteiger partial charge is 0.472 e. The van der Waals surface area contributed by atoms with Gasteiger partial charge in [-0.2, -0.15) is 0 Å². The standard InChI is InChI=1S/C85H128NO8P/c1-3-5-7-9-11-13-15-17-19-21-23-25-27-29-31-33-35-37-38-39-40-41-42-43-44-46-48-50-52-54-56-58-60-62-64-66-68-70-72-74-76-78-85(88)94-83(82-93-95(89,90)92-80-79-86)81-91-84(87)77-75-73-71-69-67-65-63-61-59-57-55-53-51-49-47-45-36-34-32-30-28-26-24-22-20-18-16-14-12-10-8-6-4-2/h5-8,11-14,17-20,23-26,29-32,35-37,39-40,42-43,45-46,48-49,51-52,54-55,57-58,60-61,63,67,69,83H,3-4,9-10,15-16,21-22,27-28,33-34,38,41,44,47,50,53,56,59,62,64-66,68,70-82,86H2,1-2H3,(H,89,90)/b7-5-,8-6-,13-11-,14-12-,19-17-,20-18-,25-23-,26-24-,31-29-,32-30-,37-35-,40-39-,43-42-,45-36-,48-46-,51-49-,54-52-,57-55-,60-58-,63-61-,69-67-. The number of carbonyl (C=O) groups excluding carboxylic acids is 2. The van der Waals surface area contributed by atoms with Gasteiger partial charge in [0.1, 0.15) is 6.61 Å². The third kappa shape index (κ3) is 76.5. The number of phosphoric ester groups is 1. The van der Waals surface area contributed by atoms with Gasteiger partial charge in [-0.05, 0) is 173 Å². The molecule has 10 heteroatoms. The predicted molar refractivity (Wildman–Crippen MR) is 412 cm³/mol. The molecule has 0 aliphatic carbocycles. The summed E-state index contributed by atoms with van der Waals surface area (Å²) < 4.78 is 33.1. The summed E-state index contributed by atoms with van der Waals surface area (Å²) in [6.45, 7) is 3.41. The van der Waals surface area contributed by atoms with Crippen LogP contribution >= 0.6 is 7.82 Å². The van der Waals surface area contributed by atoms with Crippen molar-refractivity contribution in [3.8, 4) is 0 Å². The van der Waals surface area contributed by atoms with E-state index < -0.39 is 32.5 Å². The van der Waals surface area contributed by atoms with Crippen LogP contribution in [-0.4, -0.2) is 49.3 Å². The predicted octanol–water partition coefficient (Wildman–Crippen LogP) is 24.5. The first-order valence-electron chi connectivity index (χ1n) is 36.2. The molecule has 0 aromatic rings. The number of carbonyl (C=O) groups is 2. The van der Waals surface area contributed by atoms with Gasteiger partial charge < -0.3 is 20.1 Å². The van der Waals surface area contributed by atoms with Gasteiger partial charge in [-0.1, -0.05) is 301 Å². The Morgan fingerprint density at radius 2 is 0.547 bits per heavy atom. The van der Waals surface area contributed by atoms with Crippen molar-refractivity contribution in [3.05, 3.63) is 255 Å². The first-order valence-corrected chi connectivity index (χ1v) is 37.7. The zero-order valence-electron chi connectivity index (χ0n) is 59.0. The molecule has 0 aliphatic heterocycles. The fourth-order valence-corrected chi connectivity index (χ4v) is 9.43. The fourth-order valence-electron chi connectivity index (χ4n) is 8.67. The second-order valence-corrected chi connectivity index (χ2v) is 24.1.